The lowest BCUT2D eigenvalue weighted by atomic mass is 10.2. The topological polar surface area (TPSA) is 26.0 Å². The highest BCUT2D eigenvalue weighted by Crippen LogP contribution is 2.50. The minimum absolute atomic E-state index is 0. The highest BCUT2D eigenvalue weighted by Gasteiger charge is 2.45. The van der Waals surface area contributed by atoms with Crippen molar-refractivity contribution in [3.63, 3.8) is 0 Å². The van der Waals surface area contributed by atoms with Gasteiger partial charge >= 0.3 is 0 Å². The Morgan fingerprint density at radius 2 is 2.00 bits per heavy atom. The first-order valence-electron chi connectivity index (χ1n) is 3.13. The van der Waals surface area contributed by atoms with Crippen LogP contribution in [0.1, 0.15) is 19.3 Å². The molecule has 0 unspecified atom stereocenters. The van der Waals surface area contributed by atoms with Gasteiger partial charge in [-0.1, -0.05) is 0 Å². The fourth-order valence-electron chi connectivity index (χ4n) is 1.75. The van der Waals surface area contributed by atoms with E-state index in [0.29, 0.717) is 6.04 Å². The van der Waals surface area contributed by atoms with Crippen LogP contribution in [-0.2, 0) is 0 Å². The maximum Gasteiger partial charge on any atom is 0.00700 e. The first kappa shape index (κ1) is 6.37. The molecule has 0 heterocycles. The SMILES string of the molecule is Cl.N[C@H]1CC[C@H]2C[C@H]21. The third kappa shape index (κ3) is 0.741. The Kier molecular flexibility index (Phi) is 1.50. The second-order valence-electron chi connectivity index (χ2n) is 2.90. The summed E-state index contributed by atoms with van der Waals surface area (Å²) in [5, 5.41) is 0. The molecular formula is C6H12ClN. The summed E-state index contributed by atoms with van der Waals surface area (Å²) < 4.78 is 0. The van der Waals surface area contributed by atoms with Crippen LogP contribution in [0, 0.1) is 11.8 Å². The van der Waals surface area contributed by atoms with Crippen LogP contribution in [0.3, 0.4) is 0 Å². The van der Waals surface area contributed by atoms with E-state index in [4.69, 9.17) is 5.73 Å². The minimum Gasteiger partial charge on any atom is -0.327 e. The van der Waals surface area contributed by atoms with Crippen molar-refractivity contribution in [2.24, 2.45) is 17.6 Å². The van der Waals surface area contributed by atoms with Crippen LogP contribution in [0.25, 0.3) is 0 Å². The van der Waals surface area contributed by atoms with Gasteiger partial charge in [0.25, 0.3) is 0 Å². The molecule has 2 fully saturated rings. The van der Waals surface area contributed by atoms with E-state index >= 15 is 0 Å². The molecule has 2 N–H and O–H groups in total. The summed E-state index contributed by atoms with van der Waals surface area (Å²) in [6.45, 7) is 0. The van der Waals surface area contributed by atoms with E-state index in [9.17, 15) is 0 Å². The minimum atomic E-state index is 0. The second-order valence-corrected chi connectivity index (χ2v) is 2.90. The van der Waals surface area contributed by atoms with Crippen LogP contribution in [0.2, 0.25) is 0 Å². The lowest BCUT2D eigenvalue weighted by Gasteiger charge is -1.99. The van der Waals surface area contributed by atoms with E-state index in [-0.39, 0.29) is 12.4 Å². The molecule has 2 aliphatic rings. The van der Waals surface area contributed by atoms with Gasteiger partial charge in [0.05, 0.1) is 0 Å². The third-order valence-corrected chi connectivity index (χ3v) is 2.40. The van der Waals surface area contributed by atoms with E-state index < -0.39 is 0 Å². The molecule has 0 saturated heterocycles. The fourth-order valence-corrected chi connectivity index (χ4v) is 1.75. The maximum absolute atomic E-state index is 5.72. The van der Waals surface area contributed by atoms with Crippen molar-refractivity contribution < 1.29 is 0 Å². The van der Waals surface area contributed by atoms with Gasteiger partial charge in [0.15, 0.2) is 0 Å². The van der Waals surface area contributed by atoms with Crippen molar-refractivity contribution in [1.29, 1.82) is 0 Å². The number of hydrogen-bond donors (Lipinski definition) is 1. The Morgan fingerprint density at radius 1 is 1.25 bits per heavy atom. The van der Waals surface area contributed by atoms with Crippen molar-refractivity contribution in [2.45, 2.75) is 25.3 Å². The molecule has 0 aliphatic heterocycles. The van der Waals surface area contributed by atoms with Crippen molar-refractivity contribution >= 4 is 12.4 Å². The Bertz CT molecular complexity index is 94.5. The van der Waals surface area contributed by atoms with Crippen LogP contribution in [0.4, 0.5) is 0 Å². The third-order valence-electron chi connectivity index (χ3n) is 2.40. The number of fused-ring (bicyclic) bond motifs is 1. The molecule has 0 spiro atoms. The molecule has 0 amide bonds. The maximum atomic E-state index is 5.72. The first-order valence-corrected chi connectivity index (χ1v) is 3.13. The molecule has 1 nitrogen and oxygen atoms in total. The van der Waals surface area contributed by atoms with Crippen molar-refractivity contribution in [1.82, 2.24) is 0 Å². The molecule has 3 atom stereocenters. The standard InChI is InChI=1S/C6H11N.ClH/c7-6-2-1-4-3-5(4)6;/h4-6H,1-3,7H2;1H/t4-,5+,6-;/m0./s1. The van der Waals surface area contributed by atoms with Gasteiger partial charge in [-0.15, -0.1) is 12.4 Å². The Morgan fingerprint density at radius 3 is 2.12 bits per heavy atom. The zero-order valence-electron chi connectivity index (χ0n) is 4.84. The van der Waals surface area contributed by atoms with Crippen LogP contribution in [0.5, 0.6) is 0 Å². The summed E-state index contributed by atoms with van der Waals surface area (Å²) in [7, 11) is 0. The summed E-state index contributed by atoms with van der Waals surface area (Å²) >= 11 is 0. The number of rotatable bonds is 0. The van der Waals surface area contributed by atoms with E-state index in [1.54, 1.807) is 0 Å². The molecule has 0 aromatic heterocycles. The van der Waals surface area contributed by atoms with Gasteiger partial charge in [0.2, 0.25) is 0 Å². The molecular weight excluding hydrogens is 122 g/mol. The predicted octanol–water partition coefficient (Wildman–Crippen LogP) is 1.17. The molecule has 48 valence electrons. The zero-order chi connectivity index (χ0) is 4.85. The first-order chi connectivity index (χ1) is 3.38. The summed E-state index contributed by atoms with van der Waals surface area (Å²) in [5.41, 5.74) is 5.72. The van der Waals surface area contributed by atoms with E-state index in [2.05, 4.69) is 0 Å². The van der Waals surface area contributed by atoms with E-state index in [1.165, 1.54) is 19.3 Å². The normalized spacial score (nSPS) is 49.9. The summed E-state index contributed by atoms with van der Waals surface area (Å²) in [4.78, 5) is 0. The molecule has 2 saturated carbocycles. The highest BCUT2D eigenvalue weighted by molar-refractivity contribution is 5.85. The highest BCUT2D eigenvalue weighted by atomic mass is 35.5. The van der Waals surface area contributed by atoms with Crippen LogP contribution in [0.15, 0.2) is 0 Å². The summed E-state index contributed by atoms with van der Waals surface area (Å²) in [5.74, 6) is 2.02. The van der Waals surface area contributed by atoms with Gasteiger partial charge in [-0.3, -0.25) is 0 Å². The number of hydrogen-bond acceptors (Lipinski definition) is 1. The summed E-state index contributed by atoms with van der Waals surface area (Å²) in [6, 6.07) is 0.588. The van der Waals surface area contributed by atoms with Gasteiger partial charge in [-0.25, -0.2) is 0 Å². The predicted molar refractivity (Wildman–Crippen MR) is 36.1 cm³/mol. The van der Waals surface area contributed by atoms with Gasteiger partial charge in [-0.2, -0.15) is 0 Å². The monoisotopic (exact) mass is 133 g/mol. The molecule has 8 heavy (non-hydrogen) atoms. The molecule has 2 aliphatic carbocycles. The van der Waals surface area contributed by atoms with Gasteiger partial charge < -0.3 is 5.73 Å². The van der Waals surface area contributed by atoms with E-state index in [0.717, 1.165) is 11.8 Å². The van der Waals surface area contributed by atoms with Crippen molar-refractivity contribution in [2.75, 3.05) is 0 Å². The van der Waals surface area contributed by atoms with Gasteiger partial charge in [-0.05, 0) is 31.1 Å². The van der Waals surface area contributed by atoms with Crippen molar-refractivity contribution in [3.8, 4) is 0 Å². The molecule has 0 radical (unpaired) electrons. The largest absolute Gasteiger partial charge is 0.327 e. The lowest BCUT2D eigenvalue weighted by molar-refractivity contribution is 0.614. The molecule has 0 bridgehead atoms. The zero-order valence-corrected chi connectivity index (χ0v) is 5.66. The van der Waals surface area contributed by atoms with Gasteiger partial charge in [0.1, 0.15) is 0 Å². The fraction of sp³-hybridized carbons (Fsp3) is 1.00. The van der Waals surface area contributed by atoms with Crippen LogP contribution < -0.4 is 5.73 Å². The van der Waals surface area contributed by atoms with Crippen LogP contribution in [-0.4, -0.2) is 6.04 Å². The number of halogens is 1. The average Bonchev–Trinajstić information content (AvgIpc) is 2.33. The second kappa shape index (κ2) is 1.89. The lowest BCUT2D eigenvalue weighted by Crippen LogP contribution is -2.18. The van der Waals surface area contributed by atoms with E-state index in [1.807, 2.05) is 0 Å². The van der Waals surface area contributed by atoms with Crippen molar-refractivity contribution in [3.05, 3.63) is 0 Å². The molecule has 0 aromatic rings. The Labute approximate surface area is 56.0 Å². The average molecular weight is 134 g/mol. The molecule has 0 aromatic carbocycles. The van der Waals surface area contributed by atoms with Gasteiger partial charge in [0, 0.05) is 6.04 Å². The summed E-state index contributed by atoms with van der Waals surface area (Å²) in [6.07, 6.45) is 4.17. The Hall–Kier alpha value is 0.250. The smallest absolute Gasteiger partial charge is 0.00700 e. The molecule has 2 rings (SSSR count). The Balaban J connectivity index is 0.000000320. The number of nitrogens with two attached hydrogens (primary N) is 1. The van der Waals surface area contributed by atoms with Crippen LogP contribution >= 0.6 is 12.4 Å². The quantitative estimate of drug-likeness (QED) is 0.528. The molecule has 2 heteroatoms.